The van der Waals surface area contributed by atoms with Gasteiger partial charge in [-0.05, 0) is 79.3 Å². The molecule has 2 aromatic rings. The molecule has 202 valence electrons. The Labute approximate surface area is 219 Å². The molecule has 0 radical (unpaired) electrons. The fraction of sp³-hybridized carbons (Fsp3) is 0.600. The summed E-state index contributed by atoms with van der Waals surface area (Å²) in [6, 6.07) is 7.77. The van der Waals surface area contributed by atoms with Crippen molar-refractivity contribution in [2.24, 2.45) is 0 Å². The molecule has 3 N–H and O–H groups in total. The maximum Gasteiger partial charge on any atom is 0.330 e. The van der Waals surface area contributed by atoms with E-state index >= 15 is 0 Å². The molecule has 0 aliphatic heterocycles. The fourth-order valence-electron chi connectivity index (χ4n) is 4.14. The topological polar surface area (TPSA) is 79.2 Å². The van der Waals surface area contributed by atoms with Gasteiger partial charge in [0.15, 0.2) is 0 Å². The zero-order chi connectivity index (χ0) is 27.9. The van der Waals surface area contributed by atoms with Crippen LogP contribution in [-0.2, 0) is 43.9 Å². The number of rotatable bonds is 6. The molecular formula is C30H47O5P. The van der Waals surface area contributed by atoms with E-state index in [1.807, 2.05) is 24.3 Å². The molecule has 0 heterocycles. The summed E-state index contributed by atoms with van der Waals surface area (Å²) in [6.45, 7) is 25.1. The van der Waals surface area contributed by atoms with Gasteiger partial charge in [0.05, 0.1) is 13.2 Å². The van der Waals surface area contributed by atoms with E-state index in [2.05, 4.69) is 83.1 Å². The van der Waals surface area contributed by atoms with E-state index in [9.17, 15) is 15.1 Å². The molecule has 0 unspecified atom stereocenters. The van der Waals surface area contributed by atoms with E-state index < -0.39 is 8.60 Å². The Kier molecular flexibility index (Phi) is 9.01. The van der Waals surface area contributed by atoms with Gasteiger partial charge >= 0.3 is 8.60 Å². The molecule has 0 saturated heterocycles. The summed E-state index contributed by atoms with van der Waals surface area (Å²) in [7, 11) is -2.12. The summed E-state index contributed by atoms with van der Waals surface area (Å²) < 4.78 is 11.4. The molecule has 0 amide bonds. The first-order valence-corrected chi connectivity index (χ1v) is 13.7. The van der Waals surface area contributed by atoms with Crippen molar-refractivity contribution in [3.63, 3.8) is 0 Å². The highest BCUT2D eigenvalue weighted by Crippen LogP contribution is 2.43. The van der Waals surface area contributed by atoms with E-state index in [0.717, 1.165) is 33.4 Å². The van der Waals surface area contributed by atoms with Crippen molar-refractivity contribution in [3.8, 4) is 11.5 Å². The quantitative estimate of drug-likeness (QED) is 0.336. The highest BCUT2D eigenvalue weighted by Gasteiger charge is 2.28. The van der Waals surface area contributed by atoms with Gasteiger partial charge in [-0.3, -0.25) is 0 Å². The average Bonchev–Trinajstić information content (AvgIpc) is 2.68. The van der Waals surface area contributed by atoms with Gasteiger partial charge in [-0.1, -0.05) is 83.1 Å². The second-order valence-corrected chi connectivity index (χ2v) is 14.9. The van der Waals surface area contributed by atoms with Crippen molar-refractivity contribution in [1.29, 1.82) is 0 Å². The maximum atomic E-state index is 10.9. The monoisotopic (exact) mass is 518 g/mol. The first kappa shape index (κ1) is 30.6. The first-order valence-electron chi connectivity index (χ1n) is 12.6. The second kappa shape index (κ2) is 10.6. The number of hydrogen-bond donors (Lipinski definition) is 3. The first-order chi connectivity index (χ1) is 16.1. The largest absolute Gasteiger partial charge is 0.507 e. The molecule has 0 bridgehead atoms. The highest BCUT2D eigenvalue weighted by atomic mass is 31.2. The fourth-order valence-corrected chi connectivity index (χ4v) is 4.73. The lowest BCUT2D eigenvalue weighted by atomic mass is 9.78. The van der Waals surface area contributed by atoms with E-state index in [4.69, 9.17) is 9.05 Å². The molecule has 36 heavy (non-hydrogen) atoms. The maximum absolute atomic E-state index is 10.9. The third kappa shape index (κ3) is 7.68. The molecule has 2 aromatic carbocycles. The molecular weight excluding hydrogens is 471 g/mol. The van der Waals surface area contributed by atoms with Gasteiger partial charge in [0.2, 0.25) is 0 Å². The molecule has 0 spiro atoms. The standard InChI is InChI=1S/C30H47O5P/c1-27(2,3)21-13-19(14-22(25(21)31)28(4,5)6)17-34-36(33)35-18-20-15-23(29(7,8)9)26(32)24(16-20)30(10,11)12/h13-16,31-33H,17-18H2,1-12H3. The van der Waals surface area contributed by atoms with Gasteiger partial charge in [0.25, 0.3) is 0 Å². The minimum atomic E-state index is -2.12. The molecule has 5 nitrogen and oxygen atoms in total. The Morgan fingerprint density at radius 3 is 0.944 bits per heavy atom. The van der Waals surface area contributed by atoms with E-state index in [1.54, 1.807) is 0 Å². The van der Waals surface area contributed by atoms with E-state index in [1.165, 1.54) is 0 Å². The minimum Gasteiger partial charge on any atom is -0.507 e. The van der Waals surface area contributed by atoms with Crippen molar-refractivity contribution in [1.82, 2.24) is 0 Å². The third-order valence-corrected chi connectivity index (χ3v) is 6.95. The second-order valence-electron chi connectivity index (χ2n) is 13.9. The van der Waals surface area contributed by atoms with E-state index in [-0.39, 0.29) is 34.9 Å². The summed E-state index contributed by atoms with van der Waals surface area (Å²) >= 11 is 0. The van der Waals surface area contributed by atoms with Crippen LogP contribution in [0.15, 0.2) is 24.3 Å². The predicted octanol–water partition coefficient (Wildman–Crippen LogP) is 8.24. The van der Waals surface area contributed by atoms with Crippen LogP contribution in [0.5, 0.6) is 11.5 Å². The van der Waals surface area contributed by atoms with Gasteiger partial charge < -0.3 is 24.2 Å². The van der Waals surface area contributed by atoms with Crippen LogP contribution in [-0.4, -0.2) is 15.1 Å². The number of benzene rings is 2. The summed E-state index contributed by atoms with van der Waals surface area (Å²) in [4.78, 5) is 10.5. The third-order valence-electron chi connectivity index (χ3n) is 6.25. The molecule has 0 atom stereocenters. The summed E-state index contributed by atoms with van der Waals surface area (Å²) in [5, 5.41) is 21.8. The summed E-state index contributed by atoms with van der Waals surface area (Å²) in [5.74, 6) is 0.635. The van der Waals surface area contributed by atoms with Gasteiger partial charge in [0, 0.05) is 0 Å². The Balaban J connectivity index is 2.23. The van der Waals surface area contributed by atoms with Crippen molar-refractivity contribution in [2.45, 2.75) is 118 Å². The van der Waals surface area contributed by atoms with Crippen LogP contribution in [0.4, 0.5) is 0 Å². The lowest BCUT2D eigenvalue weighted by Crippen LogP contribution is -2.18. The zero-order valence-electron chi connectivity index (χ0n) is 24.3. The SMILES string of the molecule is CC(C)(C)c1cc(COP(O)OCc2cc(C(C)(C)C)c(O)c(C(C)(C)C)c2)cc(C(C)(C)C)c1O. The van der Waals surface area contributed by atoms with Crippen LogP contribution < -0.4 is 0 Å². The number of hydrogen-bond acceptors (Lipinski definition) is 5. The van der Waals surface area contributed by atoms with Crippen LogP contribution >= 0.6 is 8.60 Å². The Morgan fingerprint density at radius 2 is 0.750 bits per heavy atom. The van der Waals surface area contributed by atoms with E-state index in [0.29, 0.717) is 11.5 Å². The van der Waals surface area contributed by atoms with Crippen LogP contribution in [0.1, 0.15) is 116 Å². The number of phenolic OH excluding ortho intramolecular Hbond substituents is 2. The van der Waals surface area contributed by atoms with Crippen LogP contribution in [0, 0.1) is 0 Å². The van der Waals surface area contributed by atoms with Gasteiger partial charge in [-0.15, -0.1) is 0 Å². The Bertz CT molecular complexity index is 907. The minimum absolute atomic E-state index is 0.171. The number of phenols is 2. The molecule has 0 saturated carbocycles. The van der Waals surface area contributed by atoms with Gasteiger partial charge in [-0.2, -0.15) is 0 Å². The van der Waals surface area contributed by atoms with Gasteiger partial charge in [-0.25, -0.2) is 0 Å². The lowest BCUT2D eigenvalue weighted by molar-refractivity contribution is 0.187. The van der Waals surface area contributed by atoms with Crippen LogP contribution in [0.25, 0.3) is 0 Å². The molecule has 0 fully saturated rings. The summed E-state index contributed by atoms with van der Waals surface area (Å²) in [6.07, 6.45) is 0. The molecule has 2 rings (SSSR count). The van der Waals surface area contributed by atoms with Gasteiger partial charge in [0.1, 0.15) is 11.5 Å². The van der Waals surface area contributed by atoms with Crippen LogP contribution in [0.3, 0.4) is 0 Å². The number of aromatic hydroxyl groups is 2. The lowest BCUT2D eigenvalue weighted by Gasteiger charge is -2.28. The molecule has 0 aliphatic carbocycles. The summed E-state index contributed by atoms with van der Waals surface area (Å²) in [5.41, 5.74) is 4.20. The molecule has 0 aliphatic rings. The van der Waals surface area contributed by atoms with Crippen LogP contribution in [0.2, 0.25) is 0 Å². The Morgan fingerprint density at radius 1 is 0.528 bits per heavy atom. The zero-order valence-corrected chi connectivity index (χ0v) is 25.2. The average molecular weight is 519 g/mol. The van der Waals surface area contributed by atoms with Crippen molar-refractivity contribution in [2.75, 3.05) is 0 Å². The van der Waals surface area contributed by atoms with Crippen molar-refractivity contribution < 1.29 is 24.2 Å². The predicted molar refractivity (Wildman–Crippen MR) is 150 cm³/mol. The molecule has 0 aromatic heterocycles. The smallest absolute Gasteiger partial charge is 0.330 e. The highest BCUT2D eigenvalue weighted by molar-refractivity contribution is 7.40. The normalized spacial score (nSPS) is 13.5. The van der Waals surface area contributed by atoms with Crippen molar-refractivity contribution >= 4 is 8.60 Å². The Hall–Kier alpha value is -1.65. The molecule has 6 heteroatoms. The van der Waals surface area contributed by atoms with Crippen molar-refractivity contribution in [3.05, 3.63) is 57.6 Å².